The number of carbonyl (C=O) groups is 1. The Bertz CT molecular complexity index is 776. The predicted octanol–water partition coefficient (Wildman–Crippen LogP) is 4.04. The van der Waals surface area contributed by atoms with E-state index in [0.29, 0.717) is 11.5 Å². The monoisotopic (exact) mass is 425 g/mol. The van der Waals surface area contributed by atoms with Crippen LogP contribution < -0.4 is 4.90 Å². The number of para-hydroxylation sites is 1. The summed E-state index contributed by atoms with van der Waals surface area (Å²) in [5, 5.41) is 4.22. The maximum Gasteiger partial charge on any atom is 0.243 e. The Hall–Kier alpha value is -1.44. The summed E-state index contributed by atoms with van der Waals surface area (Å²) < 4.78 is 17.2. The molecule has 1 aliphatic carbocycles. The Morgan fingerprint density at radius 1 is 1.26 bits per heavy atom. The zero-order valence-corrected chi connectivity index (χ0v) is 15.0. The van der Waals surface area contributed by atoms with Gasteiger partial charge in [0.25, 0.3) is 0 Å². The fraction of sp³-hybridized carbons (Fsp3) is 0.412. The molecule has 1 amide bonds. The molecule has 1 aromatic carbocycles. The Morgan fingerprint density at radius 2 is 2.00 bits per heavy atom. The molecule has 6 heteroatoms. The molecule has 0 atom stereocenters. The number of aromatic nitrogens is 2. The van der Waals surface area contributed by atoms with Crippen LogP contribution in [0.4, 0.5) is 15.9 Å². The summed E-state index contributed by atoms with van der Waals surface area (Å²) in [7, 11) is 1.79. The lowest BCUT2D eigenvalue weighted by atomic mass is 9.70. The van der Waals surface area contributed by atoms with Gasteiger partial charge >= 0.3 is 0 Å². The third-order valence-electron chi connectivity index (χ3n) is 5.12. The first kappa shape index (κ1) is 15.1. The topological polar surface area (TPSA) is 38.1 Å². The second kappa shape index (κ2) is 5.29. The van der Waals surface area contributed by atoms with Crippen molar-refractivity contribution in [3.8, 4) is 0 Å². The van der Waals surface area contributed by atoms with E-state index in [-0.39, 0.29) is 11.7 Å². The Balaban J connectivity index is 1.98. The average molecular weight is 425 g/mol. The van der Waals surface area contributed by atoms with Crippen molar-refractivity contribution in [2.75, 3.05) is 4.90 Å². The molecule has 120 valence electrons. The van der Waals surface area contributed by atoms with Crippen LogP contribution in [0, 0.1) is 9.39 Å². The van der Waals surface area contributed by atoms with Gasteiger partial charge in [0.15, 0.2) is 5.82 Å². The minimum absolute atomic E-state index is 0.00110. The predicted molar refractivity (Wildman–Crippen MR) is 94.2 cm³/mol. The van der Waals surface area contributed by atoms with E-state index in [0.717, 1.165) is 41.2 Å². The van der Waals surface area contributed by atoms with E-state index in [1.54, 1.807) is 28.9 Å². The average Bonchev–Trinajstić information content (AvgIpc) is 2.99. The van der Waals surface area contributed by atoms with Crippen molar-refractivity contribution in [1.29, 1.82) is 0 Å². The standard InChI is InChI=1S/C17H17FIN3O/c1-21-15(13(19)10-20-21)22-14-11(6-5-7-12(14)18)17(16(22)23)8-3-2-4-9-17/h5-7,10H,2-4,8-9H2,1H3. The molecule has 23 heavy (non-hydrogen) atoms. The first-order valence-electron chi connectivity index (χ1n) is 7.87. The highest BCUT2D eigenvalue weighted by atomic mass is 127. The molecule has 0 bridgehead atoms. The number of amides is 1. The number of anilines is 2. The lowest BCUT2D eigenvalue weighted by Crippen LogP contribution is -2.40. The zero-order valence-electron chi connectivity index (χ0n) is 12.9. The SMILES string of the molecule is Cn1ncc(I)c1N1C(=O)C2(CCCCC2)c2cccc(F)c21. The van der Waals surface area contributed by atoms with Crippen molar-refractivity contribution in [3.05, 3.63) is 39.3 Å². The molecule has 2 aliphatic rings. The molecule has 1 aromatic heterocycles. The summed E-state index contributed by atoms with van der Waals surface area (Å²) in [6.45, 7) is 0. The smallest absolute Gasteiger partial charge is 0.243 e. The van der Waals surface area contributed by atoms with Crippen LogP contribution in [0.3, 0.4) is 0 Å². The van der Waals surface area contributed by atoms with Crippen molar-refractivity contribution in [2.45, 2.75) is 37.5 Å². The van der Waals surface area contributed by atoms with Crippen molar-refractivity contribution < 1.29 is 9.18 Å². The number of carbonyl (C=O) groups excluding carboxylic acids is 1. The van der Waals surface area contributed by atoms with Crippen molar-refractivity contribution in [2.24, 2.45) is 7.05 Å². The molecule has 1 saturated carbocycles. The largest absolute Gasteiger partial charge is 0.273 e. The van der Waals surface area contributed by atoms with Gasteiger partial charge in [-0.25, -0.2) is 4.39 Å². The van der Waals surface area contributed by atoms with E-state index in [4.69, 9.17) is 0 Å². The summed E-state index contributed by atoms with van der Waals surface area (Å²) >= 11 is 2.15. The lowest BCUT2D eigenvalue weighted by molar-refractivity contribution is -0.123. The third kappa shape index (κ3) is 2.00. The van der Waals surface area contributed by atoms with Gasteiger partial charge in [-0.2, -0.15) is 5.10 Å². The molecule has 2 heterocycles. The van der Waals surface area contributed by atoms with Gasteiger partial charge in [-0.3, -0.25) is 14.4 Å². The van der Waals surface area contributed by atoms with E-state index in [2.05, 4.69) is 27.7 Å². The summed E-state index contributed by atoms with van der Waals surface area (Å²) in [5.74, 6) is 0.318. The molecule has 0 N–H and O–H groups in total. The van der Waals surface area contributed by atoms with Gasteiger partial charge in [-0.15, -0.1) is 0 Å². The van der Waals surface area contributed by atoms with Gasteiger partial charge in [-0.05, 0) is 47.1 Å². The van der Waals surface area contributed by atoms with Crippen LogP contribution in [0.5, 0.6) is 0 Å². The molecule has 1 aliphatic heterocycles. The summed E-state index contributed by atoms with van der Waals surface area (Å²) in [4.78, 5) is 15.0. The van der Waals surface area contributed by atoms with Crippen molar-refractivity contribution in [1.82, 2.24) is 9.78 Å². The molecule has 0 saturated heterocycles. The number of aryl methyl sites for hydroxylation is 1. The minimum Gasteiger partial charge on any atom is -0.273 e. The maximum absolute atomic E-state index is 14.7. The Kier molecular flexibility index (Phi) is 3.48. The van der Waals surface area contributed by atoms with Crippen LogP contribution in [-0.4, -0.2) is 15.7 Å². The quantitative estimate of drug-likeness (QED) is 0.647. The Labute approximate surface area is 147 Å². The molecule has 1 spiro atoms. The molecular weight excluding hydrogens is 408 g/mol. The number of halogens is 2. The summed E-state index contributed by atoms with van der Waals surface area (Å²) in [6.07, 6.45) is 6.47. The first-order chi connectivity index (χ1) is 11.1. The highest BCUT2D eigenvalue weighted by Gasteiger charge is 2.53. The lowest BCUT2D eigenvalue weighted by Gasteiger charge is -2.32. The molecule has 2 aromatic rings. The highest BCUT2D eigenvalue weighted by Crippen LogP contribution is 2.53. The second-order valence-electron chi connectivity index (χ2n) is 6.36. The van der Waals surface area contributed by atoms with Crippen LogP contribution in [0.25, 0.3) is 0 Å². The van der Waals surface area contributed by atoms with Gasteiger partial charge in [-0.1, -0.05) is 31.4 Å². The fourth-order valence-corrected chi connectivity index (χ4v) is 4.77. The molecule has 0 unspecified atom stereocenters. The number of hydrogen-bond donors (Lipinski definition) is 0. The Morgan fingerprint density at radius 3 is 2.65 bits per heavy atom. The van der Waals surface area contributed by atoms with Crippen LogP contribution in [0.2, 0.25) is 0 Å². The molecular formula is C17H17FIN3O. The maximum atomic E-state index is 14.7. The number of rotatable bonds is 1. The first-order valence-corrected chi connectivity index (χ1v) is 8.95. The van der Waals surface area contributed by atoms with Gasteiger partial charge < -0.3 is 0 Å². The normalized spacial score (nSPS) is 19.4. The molecule has 4 nitrogen and oxygen atoms in total. The molecule has 0 radical (unpaired) electrons. The number of hydrogen-bond acceptors (Lipinski definition) is 2. The number of benzene rings is 1. The summed E-state index contributed by atoms with van der Waals surface area (Å²) in [5.41, 5.74) is 0.698. The highest BCUT2D eigenvalue weighted by molar-refractivity contribution is 14.1. The van der Waals surface area contributed by atoms with E-state index in [1.807, 2.05) is 6.07 Å². The molecule has 4 rings (SSSR count). The van der Waals surface area contributed by atoms with Crippen LogP contribution in [-0.2, 0) is 17.3 Å². The van der Waals surface area contributed by atoms with Crippen molar-refractivity contribution in [3.63, 3.8) is 0 Å². The van der Waals surface area contributed by atoms with Gasteiger partial charge in [0.05, 0.1) is 20.9 Å². The van der Waals surface area contributed by atoms with Crippen LogP contribution in [0.1, 0.15) is 37.7 Å². The summed E-state index contributed by atoms with van der Waals surface area (Å²) in [6, 6.07) is 5.07. The van der Waals surface area contributed by atoms with Gasteiger partial charge in [0.1, 0.15) is 5.82 Å². The van der Waals surface area contributed by atoms with E-state index in [9.17, 15) is 9.18 Å². The van der Waals surface area contributed by atoms with E-state index >= 15 is 0 Å². The van der Waals surface area contributed by atoms with E-state index in [1.165, 1.54) is 6.07 Å². The third-order valence-corrected chi connectivity index (χ3v) is 5.88. The molecule has 1 fully saturated rings. The van der Waals surface area contributed by atoms with Gasteiger partial charge in [0, 0.05) is 7.05 Å². The van der Waals surface area contributed by atoms with Crippen molar-refractivity contribution >= 4 is 40.0 Å². The minimum atomic E-state index is -0.566. The van der Waals surface area contributed by atoms with Crippen LogP contribution in [0.15, 0.2) is 24.4 Å². The zero-order chi connectivity index (χ0) is 16.2. The fourth-order valence-electron chi connectivity index (χ4n) is 4.06. The number of nitrogens with zero attached hydrogens (tertiary/aromatic N) is 3. The second-order valence-corrected chi connectivity index (χ2v) is 7.52. The van der Waals surface area contributed by atoms with Gasteiger partial charge in [0.2, 0.25) is 5.91 Å². The number of fused-ring (bicyclic) bond motifs is 2. The van der Waals surface area contributed by atoms with E-state index < -0.39 is 5.41 Å². The van der Waals surface area contributed by atoms with Crippen LogP contribution >= 0.6 is 22.6 Å².